The summed E-state index contributed by atoms with van der Waals surface area (Å²) in [5.41, 5.74) is 5.89. The number of benzene rings is 1. The fourth-order valence-corrected chi connectivity index (χ4v) is 2.72. The molecule has 1 heterocycles. The van der Waals surface area contributed by atoms with Crippen LogP contribution in [0, 0.1) is 0 Å². The summed E-state index contributed by atoms with van der Waals surface area (Å²) in [5.74, 6) is 0.497. The average molecular weight is 308 g/mol. The van der Waals surface area contributed by atoms with Crippen molar-refractivity contribution in [3.63, 3.8) is 0 Å². The molecule has 0 aliphatic rings. The molecular weight excluding hydrogens is 292 g/mol. The zero-order chi connectivity index (χ0) is 15.5. The van der Waals surface area contributed by atoms with E-state index < -0.39 is 10.0 Å². The third-order valence-electron chi connectivity index (χ3n) is 2.43. The number of sulfonamides is 1. The summed E-state index contributed by atoms with van der Waals surface area (Å²) in [7, 11) is -3.84. The van der Waals surface area contributed by atoms with E-state index in [1.54, 1.807) is 12.1 Å². The van der Waals surface area contributed by atoms with Crippen molar-refractivity contribution >= 4 is 21.7 Å². The molecule has 2 aromatic rings. The Hall–Kier alpha value is -2.35. The number of aromatic nitrogens is 2. The van der Waals surface area contributed by atoms with Crippen molar-refractivity contribution in [2.75, 3.05) is 10.5 Å². The van der Waals surface area contributed by atoms with Gasteiger partial charge in [-0.05, 0) is 32.0 Å². The molecule has 21 heavy (non-hydrogen) atoms. The van der Waals surface area contributed by atoms with Crippen LogP contribution in [0.5, 0.6) is 5.75 Å². The molecule has 0 amide bonds. The topological polar surface area (TPSA) is 107 Å². The van der Waals surface area contributed by atoms with Crippen molar-refractivity contribution < 1.29 is 13.2 Å². The number of nitrogen functional groups attached to an aromatic ring is 1. The van der Waals surface area contributed by atoms with E-state index in [0.29, 0.717) is 5.75 Å². The van der Waals surface area contributed by atoms with Gasteiger partial charge in [-0.2, -0.15) is 0 Å². The molecule has 0 radical (unpaired) electrons. The lowest BCUT2D eigenvalue weighted by molar-refractivity contribution is 0.242. The summed E-state index contributed by atoms with van der Waals surface area (Å²) >= 11 is 0. The Morgan fingerprint density at radius 3 is 2.48 bits per heavy atom. The molecule has 0 atom stereocenters. The van der Waals surface area contributed by atoms with E-state index in [0.717, 1.165) is 0 Å². The number of nitrogens with zero attached hydrogens (tertiary/aromatic N) is 2. The van der Waals surface area contributed by atoms with Gasteiger partial charge in [0.15, 0.2) is 0 Å². The molecular formula is C13H16N4O3S. The standard InChI is InChI=1S/C13H16N4O3S/c1-9(2)20-10-4-5-12(11(14)8-10)21(18,19)17-13-15-6-3-7-16-13/h3-9H,14H2,1-2H3,(H,15,16,17). The van der Waals surface area contributed by atoms with Crippen LogP contribution in [0.2, 0.25) is 0 Å². The summed E-state index contributed by atoms with van der Waals surface area (Å²) in [6.07, 6.45) is 2.85. The van der Waals surface area contributed by atoms with Crippen LogP contribution in [-0.2, 0) is 10.0 Å². The molecule has 1 aromatic heterocycles. The van der Waals surface area contributed by atoms with Crippen molar-refractivity contribution in [1.82, 2.24) is 9.97 Å². The van der Waals surface area contributed by atoms with Gasteiger partial charge in [0, 0.05) is 18.5 Å². The average Bonchev–Trinajstić information content (AvgIpc) is 2.38. The summed E-state index contributed by atoms with van der Waals surface area (Å²) in [6.45, 7) is 3.74. The highest BCUT2D eigenvalue weighted by molar-refractivity contribution is 7.92. The largest absolute Gasteiger partial charge is 0.491 e. The molecule has 3 N–H and O–H groups in total. The van der Waals surface area contributed by atoms with Crippen LogP contribution in [0.15, 0.2) is 41.6 Å². The van der Waals surface area contributed by atoms with Crippen LogP contribution in [-0.4, -0.2) is 24.5 Å². The maximum atomic E-state index is 12.2. The SMILES string of the molecule is CC(C)Oc1ccc(S(=O)(=O)Nc2ncccn2)c(N)c1. The highest BCUT2D eigenvalue weighted by Crippen LogP contribution is 2.25. The predicted molar refractivity (Wildman–Crippen MR) is 79.5 cm³/mol. The smallest absolute Gasteiger partial charge is 0.266 e. The highest BCUT2D eigenvalue weighted by Gasteiger charge is 2.19. The normalized spacial score (nSPS) is 11.4. The van der Waals surface area contributed by atoms with Gasteiger partial charge in [0.1, 0.15) is 10.6 Å². The quantitative estimate of drug-likeness (QED) is 0.813. The molecule has 0 saturated heterocycles. The second kappa shape index (κ2) is 5.96. The fraction of sp³-hybridized carbons (Fsp3) is 0.231. The van der Waals surface area contributed by atoms with Crippen LogP contribution >= 0.6 is 0 Å². The third-order valence-corrected chi connectivity index (χ3v) is 3.84. The van der Waals surface area contributed by atoms with E-state index in [1.165, 1.54) is 24.5 Å². The van der Waals surface area contributed by atoms with Crippen molar-refractivity contribution in [1.29, 1.82) is 0 Å². The van der Waals surface area contributed by atoms with Crippen LogP contribution in [0.4, 0.5) is 11.6 Å². The number of anilines is 2. The van der Waals surface area contributed by atoms with E-state index in [2.05, 4.69) is 14.7 Å². The van der Waals surface area contributed by atoms with Gasteiger partial charge in [0.25, 0.3) is 10.0 Å². The molecule has 0 aliphatic carbocycles. The molecule has 0 fully saturated rings. The first-order valence-electron chi connectivity index (χ1n) is 6.24. The summed E-state index contributed by atoms with van der Waals surface area (Å²) in [4.78, 5) is 7.57. The first-order valence-corrected chi connectivity index (χ1v) is 7.73. The minimum absolute atomic E-state index is 0.0144. The molecule has 0 saturated carbocycles. The molecule has 1 aromatic carbocycles. The zero-order valence-corrected chi connectivity index (χ0v) is 12.5. The summed E-state index contributed by atoms with van der Waals surface area (Å²) in [5, 5.41) is 0. The minimum atomic E-state index is -3.84. The molecule has 2 rings (SSSR count). The number of rotatable bonds is 5. The van der Waals surface area contributed by atoms with Gasteiger partial charge < -0.3 is 10.5 Å². The Labute approximate surface area is 123 Å². The van der Waals surface area contributed by atoms with Crippen LogP contribution in [0.1, 0.15) is 13.8 Å². The Bertz CT molecular complexity index is 717. The maximum Gasteiger partial charge on any atom is 0.266 e. The Balaban J connectivity index is 2.28. The van der Waals surface area contributed by atoms with Crippen LogP contribution in [0.25, 0.3) is 0 Å². The first kappa shape index (κ1) is 15.0. The Kier molecular flexibility index (Phi) is 4.27. The van der Waals surface area contributed by atoms with E-state index in [4.69, 9.17) is 10.5 Å². The van der Waals surface area contributed by atoms with Gasteiger partial charge in [-0.1, -0.05) is 0 Å². The van der Waals surface area contributed by atoms with Crippen molar-refractivity contribution in [2.45, 2.75) is 24.8 Å². The van der Waals surface area contributed by atoms with Crippen LogP contribution in [0.3, 0.4) is 0 Å². The highest BCUT2D eigenvalue weighted by atomic mass is 32.2. The molecule has 0 spiro atoms. The lowest BCUT2D eigenvalue weighted by atomic mass is 10.3. The van der Waals surface area contributed by atoms with Gasteiger partial charge in [-0.25, -0.2) is 23.1 Å². The van der Waals surface area contributed by atoms with E-state index in [9.17, 15) is 8.42 Å². The Morgan fingerprint density at radius 2 is 1.90 bits per heavy atom. The molecule has 8 heteroatoms. The first-order chi connectivity index (χ1) is 9.88. The molecule has 0 unspecified atom stereocenters. The summed E-state index contributed by atoms with van der Waals surface area (Å²) in [6, 6.07) is 6.00. The monoisotopic (exact) mass is 308 g/mol. The maximum absolute atomic E-state index is 12.2. The lowest BCUT2D eigenvalue weighted by Crippen LogP contribution is -2.16. The minimum Gasteiger partial charge on any atom is -0.491 e. The molecule has 0 bridgehead atoms. The van der Waals surface area contributed by atoms with Crippen molar-refractivity contribution in [2.24, 2.45) is 0 Å². The molecule has 7 nitrogen and oxygen atoms in total. The number of hydrogen-bond donors (Lipinski definition) is 2. The fourth-order valence-electron chi connectivity index (χ4n) is 1.64. The number of hydrogen-bond acceptors (Lipinski definition) is 6. The van der Waals surface area contributed by atoms with Crippen LogP contribution < -0.4 is 15.2 Å². The van der Waals surface area contributed by atoms with Gasteiger partial charge in [-0.15, -0.1) is 0 Å². The van der Waals surface area contributed by atoms with E-state index >= 15 is 0 Å². The zero-order valence-electron chi connectivity index (χ0n) is 11.6. The molecule has 0 aliphatic heterocycles. The number of ether oxygens (including phenoxy) is 1. The number of nitrogens with one attached hydrogen (secondary N) is 1. The van der Waals surface area contributed by atoms with Crippen molar-refractivity contribution in [3.05, 3.63) is 36.7 Å². The van der Waals surface area contributed by atoms with Gasteiger partial charge >= 0.3 is 0 Å². The van der Waals surface area contributed by atoms with Crippen molar-refractivity contribution in [3.8, 4) is 5.75 Å². The van der Waals surface area contributed by atoms with E-state index in [-0.39, 0.29) is 22.6 Å². The number of nitrogens with two attached hydrogens (primary N) is 1. The second-order valence-electron chi connectivity index (χ2n) is 4.54. The molecule has 112 valence electrons. The van der Waals surface area contributed by atoms with Gasteiger partial charge in [0.2, 0.25) is 5.95 Å². The second-order valence-corrected chi connectivity index (χ2v) is 6.19. The lowest BCUT2D eigenvalue weighted by Gasteiger charge is -2.13. The van der Waals surface area contributed by atoms with Gasteiger partial charge in [0.05, 0.1) is 11.8 Å². The predicted octanol–water partition coefficient (Wildman–Crippen LogP) is 1.65. The third kappa shape index (κ3) is 3.82. The summed E-state index contributed by atoms with van der Waals surface area (Å²) < 4.78 is 32.2. The van der Waals surface area contributed by atoms with Gasteiger partial charge in [-0.3, -0.25) is 0 Å². The van der Waals surface area contributed by atoms with E-state index in [1.807, 2.05) is 13.8 Å². The Morgan fingerprint density at radius 1 is 1.24 bits per heavy atom.